The van der Waals surface area contributed by atoms with E-state index in [9.17, 15) is 4.79 Å². The van der Waals surface area contributed by atoms with Gasteiger partial charge >= 0.3 is 0 Å². The van der Waals surface area contributed by atoms with E-state index in [1.165, 1.54) is 10.4 Å². The summed E-state index contributed by atoms with van der Waals surface area (Å²) in [5.74, 6) is 0.585. The van der Waals surface area contributed by atoms with Gasteiger partial charge in [-0.25, -0.2) is 9.50 Å². The largest absolute Gasteiger partial charge is 0.272 e. The highest BCUT2D eigenvalue weighted by molar-refractivity contribution is 7.71. The third-order valence-corrected chi connectivity index (χ3v) is 6.20. The first kappa shape index (κ1) is 14.1. The molecule has 5 nitrogen and oxygen atoms in total. The van der Waals surface area contributed by atoms with Crippen LogP contribution >= 0.6 is 23.6 Å². The van der Waals surface area contributed by atoms with Crippen molar-refractivity contribution in [2.75, 3.05) is 0 Å². The molecule has 0 fully saturated rings. The van der Waals surface area contributed by atoms with Gasteiger partial charge in [0, 0.05) is 4.88 Å². The Kier molecular flexibility index (Phi) is 3.01. The van der Waals surface area contributed by atoms with Crippen molar-refractivity contribution in [2.24, 2.45) is 0 Å². The number of rotatable bonds is 2. The lowest BCUT2D eigenvalue weighted by molar-refractivity contribution is 0.766. The first-order valence-electron chi connectivity index (χ1n) is 7.92. The Bertz CT molecular complexity index is 1200. The Morgan fingerprint density at radius 2 is 2.08 bits per heavy atom. The van der Waals surface area contributed by atoms with Crippen molar-refractivity contribution < 1.29 is 0 Å². The van der Waals surface area contributed by atoms with Gasteiger partial charge in [0.2, 0.25) is 10.5 Å². The minimum absolute atomic E-state index is 0.0368. The molecule has 3 heterocycles. The van der Waals surface area contributed by atoms with Crippen LogP contribution in [0.2, 0.25) is 0 Å². The van der Waals surface area contributed by atoms with E-state index in [1.54, 1.807) is 15.9 Å². The number of hydrogen-bond donors (Lipinski definition) is 1. The molecule has 0 radical (unpaired) electrons. The zero-order chi connectivity index (χ0) is 16.3. The van der Waals surface area contributed by atoms with Crippen LogP contribution in [0, 0.1) is 4.77 Å². The van der Waals surface area contributed by atoms with Gasteiger partial charge in [-0.15, -0.1) is 16.4 Å². The van der Waals surface area contributed by atoms with E-state index in [4.69, 9.17) is 12.2 Å². The molecule has 0 aliphatic heterocycles. The number of fused-ring (bicyclic) bond motifs is 5. The molecule has 4 aromatic rings. The third kappa shape index (κ3) is 1.88. The van der Waals surface area contributed by atoms with Gasteiger partial charge in [-0.05, 0) is 42.6 Å². The van der Waals surface area contributed by atoms with E-state index in [1.807, 2.05) is 34.7 Å². The third-order valence-electron chi connectivity index (χ3n) is 4.64. The number of nitrogens with one attached hydrogen (secondary N) is 1. The highest BCUT2D eigenvalue weighted by Crippen LogP contribution is 2.35. The predicted octanol–water partition coefficient (Wildman–Crippen LogP) is 3.31. The lowest BCUT2D eigenvalue weighted by Gasteiger charge is -2.09. The maximum absolute atomic E-state index is 13.2. The van der Waals surface area contributed by atoms with Crippen molar-refractivity contribution in [3.05, 3.63) is 61.5 Å². The van der Waals surface area contributed by atoms with Gasteiger partial charge in [-0.3, -0.25) is 9.36 Å². The molecule has 0 saturated heterocycles. The number of aromatic nitrogens is 4. The summed E-state index contributed by atoms with van der Waals surface area (Å²) < 4.78 is 4.18. The lowest BCUT2D eigenvalue weighted by Crippen LogP contribution is -2.23. The van der Waals surface area contributed by atoms with Gasteiger partial charge in [-0.1, -0.05) is 30.3 Å². The van der Waals surface area contributed by atoms with Crippen LogP contribution in [-0.4, -0.2) is 19.2 Å². The van der Waals surface area contributed by atoms with Crippen LogP contribution in [0.25, 0.3) is 16.0 Å². The van der Waals surface area contributed by atoms with Crippen molar-refractivity contribution in [3.8, 4) is 0 Å². The number of hydrogen-bond acceptors (Lipinski definition) is 4. The van der Waals surface area contributed by atoms with E-state index in [0.29, 0.717) is 17.1 Å². The molecule has 1 aliphatic carbocycles. The molecule has 0 atom stereocenters. The second-order valence-corrected chi connectivity index (χ2v) is 7.55. The molecular weight excluding hydrogens is 340 g/mol. The number of aromatic amines is 1. The van der Waals surface area contributed by atoms with E-state index >= 15 is 0 Å². The zero-order valence-electron chi connectivity index (χ0n) is 12.8. The highest BCUT2D eigenvalue weighted by atomic mass is 32.1. The molecule has 5 rings (SSSR count). The molecule has 0 spiro atoms. The summed E-state index contributed by atoms with van der Waals surface area (Å²) in [6, 6.07) is 9.98. The number of thiophene rings is 1. The summed E-state index contributed by atoms with van der Waals surface area (Å²) in [4.78, 5) is 15.5. The quantitative estimate of drug-likeness (QED) is 0.562. The van der Waals surface area contributed by atoms with E-state index in [-0.39, 0.29) is 5.56 Å². The topological polar surface area (TPSA) is 55.1 Å². The molecule has 1 aliphatic rings. The van der Waals surface area contributed by atoms with Gasteiger partial charge < -0.3 is 0 Å². The maximum atomic E-state index is 13.2. The SMILES string of the molecule is O=c1c2c3c(sc2n2c(=S)[nH]nc2n1Cc1ccccc1)CCC3. The minimum atomic E-state index is 0.0368. The summed E-state index contributed by atoms with van der Waals surface area (Å²) in [5, 5.41) is 8.00. The summed E-state index contributed by atoms with van der Waals surface area (Å²) in [7, 11) is 0. The van der Waals surface area contributed by atoms with Crippen LogP contribution in [0.15, 0.2) is 35.1 Å². The van der Waals surface area contributed by atoms with Crippen LogP contribution in [0.1, 0.15) is 22.4 Å². The average Bonchev–Trinajstić information content (AvgIpc) is 3.26. The van der Waals surface area contributed by atoms with Crippen LogP contribution in [0.5, 0.6) is 0 Å². The summed E-state index contributed by atoms with van der Waals surface area (Å²) in [6.07, 6.45) is 3.16. The van der Waals surface area contributed by atoms with E-state index < -0.39 is 0 Å². The lowest BCUT2D eigenvalue weighted by atomic mass is 10.2. The molecule has 0 saturated carbocycles. The van der Waals surface area contributed by atoms with Crippen LogP contribution < -0.4 is 5.56 Å². The Morgan fingerprint density at radius 3 is 2.92 bits per heavy atom. The second kappa shape index (κ2) is 5.12. The minimum Gasteiger partial charge on any atom is -0.272 e. The van der Waals surface area contributed by atoms with Gasteiger partial charge in [0.05, 0.1) is 11.9 Å². The number of aryl methyl sites for hydroxylation is 2. The van der Waals surface area contributed by atoms with Crippen LogP contribution in [0.3, 0.4) is 0 Å². The number of H-pyrrole nitrogens is 1. The monoisotopic (exact) mass is 354 g/mol. The average molecular weight is 354 g/mol. The Hall–Kier alpha value is -2.25. The van der Waals surface area contributed by atoms with Gasteiger partial charge in [0.1, 0.15) is 4.83 Å². The standard InChI is InChI=1S/C17H14N4OS2/c22-14-13-11-7-4-8-12(11)24-15(13)21-16(18-19-17(21)23)20(14)9-10-5-2-1-3-6-10/h1-3,5-6H,4,7-9H2,(H,19,23). The van der Waals surface area contributed by atoms with Crippen molar-refractivity contribution >= 4 is 39.5 Å². The fourth-order valence-electron chi connectivity index (χ4n) is 3.55. The highest BCUT2D eigenvalue weighted by Gasteiger charge is 2.24. The van der Waals surface area contributed by atoms with Gasteiger partial charge in [0.25, 0.3) is 5.56 Å². The molecule has 7 heteroatoms. The van der Waals surface area contributed by atoms with Gasteiger partial charge in [-0.2, -0.15) is 0 Å². The van der Waals surface area contributed by atoms with Crippen LogP contribution in [0.4, 0.5) is 0 Å². The summed E-state index contributed by atoms with van der Waals surface area (Å²) >= 11 is 7.11. The Labute approximate surface area is 146 Å². The fourth-order valence-corrected chi connectivity index (χ4v) is 5.22. The first-order chi connectivity index (χ1) is 11.7. The van der Waals surface area contributed by atoms with Crippen molar-refractivity contribution in [1.29, 1.82) is 0 Å². The second-order valence-electron chi connectivity index (χ2n) is 6.08. The Balaban J connectivity index is 1.90. The van der Waals surface area contributed by atoms with E-state index in [0.717, 1.165) is 35.0 Å². The van der Waals surface area contributed by atoms with Crippen molar-refractivity contribution in [3.63, 3.8) is 0 Å². The van der Waals surface area contributed by atoms with Crippen molar-refractivity contribution in [2.45, 2.75) is 25.8 Å². The zero-order valence-corrected chi connectivity index (χ0v) is 14.4. The normalized spacial score (nSPS) is 13.8. The summed E-state index contributed by atoms with van der Waals surface area (Å²) in [5.41, 5.74) is 2.32. The molecule has 0 amide bonds. The molecular formula is C17H14N4OS2. The molecule has 120 valence electrons. The maximum Gasteiger partial charge on any atom is 0.264 e. The number of nitrogens with zero attached hydrogens (tertiary/aromatic N) is 3. The fraction of sp³-hybridized carbons (Fsp3) is 0.235. The van der Waals surface area contributed by atoms with E-state index in [2.05, 4.69) is 10.2 Å². The molecule has 24 heavy (non-hydrogen) atoms. The van der Waals surface area contributed by atoms with Gasteiger partial charge in [0.15, 0.2) is 0 Å². The van der Waals surface area contributed by atoms with Crippen molar-refractivity contribution in [1.82, 2.24) is 19.2 Å². The molecule has 1 N–H and O–H groups in total. The Morgan fingerprint density at radius 1 is 1.25 bits per heavy atom. The van der Waals surface area contributed by atoms with Crippen LogP contribution in [-0.2, 0) is 19.4 Å². The smallest absolute Gasteiger partial charge is 0.264 e. The molecule has 0 bridgehead atoms. The molecule has 3 aromatic heterocycles. The predicted molar refractivity (Wildman–Crippen MR) is 97.6 cm³/mol. The first-order valence-corrected chi connectivity index (χ1v) is 9.14. The molecule has 0 unspecified atom stereocenters. The molecule has 1 aromatic carbocycles. The number of benzene rings is 1. The summed E-state index contributed by atoms with van der Waals surface area (Å²) in [6.45, 7) is 0.489.